The Morgan fingerprint density at radius 3 is 2.57 bits per heavy atom. The maximum Gasteiger partial charge on any atom is 0.263 e. The highest BCUT2D eigenvalue weighted by Crippen LogP contribution is 2.33. The molecule has 2 aliphatic rings. The van der Waals surface area contributed by atoms with Crippen molar-refractivity contribution in [2.45, 2.75) is 32.5 Å². The van der Waals surface area contributed by atoms with Crippen LogP contribution in [0.2, 0.25) is 0 Å². The number of nitrogens with zero attached hydrogens (tertiary/aromatic N) is 6. The van der Waals surface area contributed by atoms with E-state index < -0.39 is 12.1 Å². The quantitative estimate of drug-likeness (QED) is 0.622. The van der Waals surface area contributed by atoms with Gasteiger partial charge in [-0.05, 0) is 37.1 Å². The number of carbonyl (C=O) groups excluding carboxylic acids is 2. The van der Waals surface area contributed by atoms with Crippen LogP contribution in [0.1, 0.15) is 17.0 Å². The highest BCUT2D eigenvalue weighted by Gasteiger charge is 2.55. The summed E-state index contributed by atoms with van der Waals surface area (Å²) in [6.07, 6.45) is 0. The Bertz CT molecular complexity index is 1170. The third-order valence-electron chi connectivity index (χ3n) is 5.40. The second-order valence-electron chi connectivity index (χ2n) is 7.35. The van der Waals surface area contributed by atoms with Crippen LogP contribution in [-0.2, 0) is 16.1 Å². The van der Waals surface area contributed by atoms with Crippen LogP contribution >= 0.6 is 0 Å². The number of hydrogen-bond acceptors (Lipinski definition) is 8. The fraction of sp³-hybridized carbons (Fsp3) is 0.238. The van der Waals surface area contributed by atoms with Crippen molar-refractivity contribution in [1.82, 2.24) is 15.1 Å². The van der Waals surface area contributed by atoms with Crippen LogP contribution in [0.5, 0.6) is 0 Å². The molecule has 0 bridgehead atoms. The summed E-state index contributed by atoms with van der Waals surface area (Å²) in [4.78, 5) is 31.5. The average molecular weight is 402 g/mol. The van der Waals surface area contributed by atoms with E-state index in [-0.39, 0.29) is 18.4 Å². The molecule has 2 aromatic carbocycles. The molecule has 1 fully saturated rings. The fourth-order valence-corrected chi connectivity index (χ4v) is 3.64. The van der Waals surface area contributed by atoms with Crippen LogP contribution in [0.4, 0.5) is 5.69 Å². The molecular weight excluding hydrogens is 384 g/mol. The Hall–Kier alpha value is -3.88. The largest absolute Gasteiger partial charge is 0.337 e. The Balaban J connectivity index is 1.38. The molecule has 5 rings (SSSR count). The number of fused-ring (bicyclic) bond motifs is 1. The lowest BCUT2D eigenvalue weighted by Crippen LogP contribution is -2.39. The minimum absolute atomic E-state index is 0.0876. The van der Waals surface area contributed by atoms with Gasteiger partial charge in [-0.1, -0.05) is 46.8 Å². The highest BCUT2D eigenvalue weighted by molar-refractivity contribution is 6.25. The van der Waals surface area contributed by atoms with Gasteiger partial charge in [-0.2, -0.15) is 10.1 Å². The summed E-state index contributed by atoms with van der Waals surface area (Å²) >= 11 is 0. The lowest BCUT2D eigenvalue weighted by Gasteiger charge is -2.19. The summed E-state index contributed by atoms with van der Waals surface area (Å²) in [6.45, 7) is 4.01. The summed E-state index contributed by atoms with van der Waals surface area (Å²) in [5.74, 6) is -0.00161. The van der Waals surface area contributed by atoms with Crippen molar-refractivity contribution in [1.29, 1.82) is 0 Å². The van der Waals surface area contributed by atoms with E-state index in [0.717, 1.165) is 16.7 Å². The maximum atomic E-state index is 13.1. The number of aryl methyl sites for hydroxylation is 2. The van der Waals surface area contributed by atoms with E-state index in [2.05, 4.69) is 20.5 Å². The SMILES string of the molecule is Cc1ccc(N2C(=O)C3N=NN(Cc4nc(-c5ccccc5)no4)C3C2=O)cc1C. The number of rotatable bonds is 4. The van der Waals surface area contributed by atoms with Crippen LogP contribution in [0, 0.1) is 13.8 Å². The Morgan fingerprint density at radius 1 is 1.00 bits per heavy atom. The molecule has 0 aliphatic carbocycles. The van der Waals surface area contributed by atoms with E-state index in [9.17, 15) is 9.59 Å². The lowest BCUT2D eigenvalue weighted by atomic mass is 10.1. The van der Waals surface area contributed by atoms with Gasteiger partial charge < -0.3 is 4.52 Å². The van der Waals surface area contributed by atoms with Crippen LogP contribution in [0.3, 0.4) is 0 Å². The minimum atomic E-state index is -0.865. The summed E-state index contributed by atoms with van der Waals surface area (Å²) in [5, 5.41) is 13.5. The van der Waals surface area contributed by atoms with Gasteiger partial charge in [0.2, 0.25) is 11.7 Å². The first-order valence-electron chi connectivity index (χ1n) is 9.53. The van der Waals surface area contributed by atoms with E-state index in [1.54, 1.807) is 6.07 Å². The normalized spacial score (nSPS) is 20.3. The summed E-state index contributed by atoms with van der Waals surface area (Å²) in [5.41, 5.74) is 3.45. The molecule has 2 amide bonds. The molecule has 0 spiro atoms. The van der Waals surface area contributed by atoms with Crippen molar-refractivity contribution in [3.63, 3.8) is 0 Å². The molecule has 1 aromatic heterocycles. The van der Waals surface area contributed by atoms with Gasteiger partial charge in [-0.15, -0.1) is 0 Å². The first kappa shape index (κ1) is 18.2. The number of hydrogen-bond donors (Lipinski definition) is 0. The van der Waals surface area contributed by atoms with Crippen molar-refractivity contribution in [3.05, 3.63) is 65.5 Å². The van der Waals surface area contributed by atoms with Gasteiger partial charge in [0.25, 0.3) is 11.8 Å². The summed E-state index contributed by atoms with van der Waals surface area (Å²) in [7, 11) is 0. The molecule has 2 aliphatic heterocycles. The standard InChI is InChI=1S/C21H18N6O3/c1-12-8-9-15(10-13(12)2)27-20(28)17-18(21(27)29)26(25-23-17)11-16-22-19(24-30-16)14-6-4-3-5-7-14/h3-10,17-18H,11H2,1-2H3. The predicted octanol–water partition coefficient (Wildman–Crippen LogP) is 2.85. The number of benzene rings is 2. The highest BCUT2D eigenvalue weighted by atomic mass is 16.5. The molecule has 9 heteroatoms. The van der Waals surface area contributed by atoms with E-state index in [1.165, 1.54) is 9.91 Å². The Morgan fingerprint density at radius 2 is 1.80 bits per heavy atom. The molecule has 3 aromatic rings. The minimum Gasteiger partial charge on any atom is -0.337 e. The van der Waals surface area contributed by atoms with Crippen LogP contribution < -0.4 is 4.90 Å². The predicted molar refractivity (Wildman–Crippen MR) is 106 cm³/mol. The van der Waals surface area contributed by atoms with Crippen molar-refractivity contribution in [3.8, 4) is 11.4 Å². The topological polar surface area (TPSA) is 104 Å². The molecule has 0 N–H and O–H groups in total. The third-order valence-corrected chi connectivity index (χ3v) is 5.40. The smallest absolute Gasteiger partial charge is 0.263 e. The fourth-order valence-electron chi connectivity index (χ4n) is 3.64. The molecule has 2 atom stereocenters. The zero-order valence-corrected chi connectivity index (χ0v) is 16.4. The van der Waals surface area contributed by atoms with E-state index >= 15 is 0 Å². The molecule has 0 saturated carbocycles. The van der Waals surface area contributed by atoms with Crippen molar-refractivity contribution >= 4 is 17.5 Å². The molecule has 1 saturated heterocycles. The van der Waals surface area contributed by atoms with E-state index in [4.69, 9.17) is 4.52 Å². The van der Waals surface area contributed by atoms with Gasteiger partial charge in [-0.25, -0.2) is 4.90 Å². The lowest BCUT2D eigenvalue weighted by molar-refractivity contribution is -0.123. The summed E-state index contributed by atoms with van der Waals surface area (Å²) < 4.78 is 5.32. The van der Waals surface area contributed by atoms with Gasteiger partial charge >= 0.3 is 0 Å². The van der Waals surface area contributed by atoms with Crippen molar-refractivity contribution in [2.24, 2.45) is 10.3 Å². The van der Waals surface area contributed by atoms with Crippen LogP contribution in [-0.4, -0.2) is 39.0 Å². The molecule has 9 nitrogen and oxygen atoms in total. The van der Waals surface area contributed by atoms with Crippen molar-refractivity contribution < 1.29 is 14.1 Å². The zero-order valence-electron chi connectivity index (χ0n) is 16.4. The number of anilines is 1. The monoisotopic (exact) mass is 402 g/mol. The van der Waals surface area contributed by atoms with E-state index in [0.29, 0.717) is 17.4 Å². The van der Waals surface area contributed by atoms with Gasteiger partial charge in [0.15, 0.2) is 12.1 Å². The van der Waals surface area contributed by atoms with Crippen LogP contribution in [0.25, 0.3) is 11.4 Å². The van der Waals surface area contributed by atoms with Gasteiger partial charge in [0.1, 0.15) is 6.54 Å². The first-order chi connectivity index (χ1) is 14.5. The molecule has 0 radical (unpaired) electrons. The molecule has 30 heavy (non-hydrogen) atoms. The molecule has 3 heterocycles. The van der Waals surface area contributed by atoms with Crippen molar-refractivity contribution in [2.75, 3.05) is 4.90 Å². The number of aromatic nitrogens is 2. The number of amides is 2. The zero-order chi connectivity index (χ0) is 20.8. The average Bonchev–Trinajstić information content (AvgIpc) is 3.44. The second-order valence-corrected chi connectivity index (χ2v) is 7.35. The number of imide groups is 1. The van der Waals surface area contributed by atoms with Crippen LogP contribution in [0.15, 0.2) is 63.4 Å². The first-order valence-corrected chi connectivity index (χ1v) is 9.53. The maximum absolute atomic E-state index is 13.1. The Kier molecular flexibility index (Phi) is 4.16. The molecule has 150 valence electrons. The summed E-state index contributed by atoms with van der Waals surface area (Å²) in [6, 6.07) is 13.2. The van der Waals surface area contributed by atoms with Gasteiger partial charge in [0, 0.05) is 5.56 Å². The third kappa shape index (κ3) is 2.86. The Labute approximate surface area is 172 Å². The number of carbonyl (C=O) groups is 2. The van der Waals surface area contributed by atoms with Gasteiger partial charge in [-0.3, -0.25) is 14.6 Å². The van der Waals surface area contributed by atoms with E-state index in [1.807, 2.05) is 56.3 Å². The molecular formula is C21H18N6O3. The van der Waals surface area contributed by atoms with Gasteiger partial charge in [0.05, 0.1) is 5.69 Å². The second kappa shape index (κ2) is 6.87. The molecule has 2 unspecified atom stereocenters.